The highest BCUT2D eigenvalue weighted by atomic mass is 35.5. The van der Waals surface area contributed by atoms with Gasteiger partial charge in [-0.25, -0.2) is 13.6 Å². The molecule has 0 spiro atoms. The topological polar surface area (TPSA) is 72.2 Å². The highest BCUT2D eigenvalue weighted by molar-refractivity contribution is 7.89. The minimum atomic E-state index is -3.69. The van der Waals surface area contributed by atoms with Crippen LogP contribution in [0.4, 0.5) is 5.69 Å². The van der Waals surface area contributed by atoms with Crippen LogP contribution in [0.15, 0.2) is 23.1 Å². The summed E-state index contributed by atoms with van der Waals surface area (Å²) in [5, 5.41) is 9.03. The second-order valence-electron chi connectivity index (χ2n) is 5.04. The molecule has 1 aromatic carbocycles. The Hall–Kier alpha value is -0.780. The van der Waals surface area contributed by atoms with Gasteiger partial charge in [0, 0.05) is 6.04 Å². The Morgan fingerprint density at radius 1 is 1.42 bits per heavy atom. The van der Waals surface area contributed by atoms with E-state index in [1.807, 2.05) is 0 Å². The molecule has 1 aliphatic carbocycles. The molecule has 19 heavy (non-hydrogen) atoms. The van der Waals surface area contributed by atoms with Crippen molar-refractivity contribution < 1.29 is 8.42 Å². The van der Waals surface area contributed by atoms with E-state index in [-0.39, 0.29) is 4.90 Å². The molecule has 2 atom stereocenters. The lowest BCUT2D eigenvalue weighted by Crippen LogP contribution is -2.24. The monoisotopic (exact) mass is 302 g/mol. The van der Waals surface area contributed by atoms with Gasteiger partial charge in [-0.3, -0.25) is 0 Å². The number of sulfonamides is 1. The molecule has 2 unspecified atom stereocenters. The van der Waals surface area contributed by atoms with Crippen LogP contribution in [-0.2, 0) is 10.0 Å². The average molecular weight is 303 g/mol. The molecule has 0 aromatic heterocycles. The zero-order valence-corrected chi connectivity index (χ0v) is 12.5. The van der Waals surface area contributed by atoms with E-state index in [2.05, 4.69) is 12.2 Å². The number of halogens is 1. The summed E-state index contributed by atoms with van der Waals surface area (Å²) in [7, 11) is -3.69. The van der Waals surface area contributed by atoms with Gasteiger partial charge in [-0.2, -0.15) is 0 Å². The molecule has 1 aromatic rings. The van der Waals surface area contributed by atoms with E-state index >= 15 is 0 Å². The van der Waals surface area contributed by atoms with Gasteiger partial charge in [0.25, 0.3) is 0 Å². The Labute approximate surface area is 119 Å². The van der Waals surface area contributed by atoms with Gasteiger partial charge in [-0.05, 0) is 37.0 Å². The number of rotatable bonds is 4. The van der Waals surface area contributed by atoms with Gasteiger partial charge in [0.15, 0.2) is 0 Å². The Bertz CT molecular complexity index is 560. The lowest BCUT2D eigenvalue weighted by Gasteiger charge is -2.21. The van der Waals surface area contributed by atoms with Gasteiger partial charge in [0.05, 0.1) is 15.6 Å². The zero-order valence-electron chi connectivity index (χ0n) is 10.9. The molecule has 3 N–H and O–H groups in total. The second kappa shape index (κ2) is 5.69. The number of hydrogen-bond donors (Lipinski definition) is 2. The molecule has 2 rings (SSSR count). The first-order valence-electron chi connectivity index (χ1n) is 6.50. The Kier molecular flexibility index (Phi) is 4.38. The molecule has 6 heteroatoms. The number of nitrogens with two attached hydrogens (primary N) is 1. The Morgan fingerprint density at radius 3 is 2.79 bits per heavy atom. The number of hydrogen-bond acceptors (Lipinski definition) is 3. The van der Waals surface area contributed by atoms with Crippen LogP contribution in [0, 0.1) is 5.92 Å². The maximum Gasteiger partial charge on any atom is 0.238 e. The summed E-state index contributed by atoms with van der Waals surface area (Å²) >= 11 is 6.12. The van der Waals surface area contributed by atoms with Gasteiger partial charge < -0.3 is 5.32 Å². The number of nitrogens with one attached hydrogen (secondary N) is 1. The van der Waals surface area contributed by atoms with Gasteiger partial charge in [0.2, 0.25) is 10.0 Å². The molecule has 0 aliphatic heterocycles. The maximum absolute atomic E-state index is 11.4. The SMILES string of the molecule is CCC1CCCC1Nc1cc(S(N)(=O)=O)ccc1Cl. The number of benzene rings is 1. The van der Waals surface area contributed by atoms with Crippen molar-refractivity contribution in [2.24, 2.45) is 11.1 Å². The lowest BCUT2D eigenvalue weighted by molar-refractivity contribution is 0.489. The van der Waals surface area contributed by atoms with Crippen LogP contribution in [0.2, 0.25) is 5.02 Å². The molecule has 1 fully saturated rings. The van der Waals surface area contributed by atoms with E-state index in [4.69, 9.17) is 16.7 Å². The van der Waals surface area contributed by atoms with Crippen LogP contribution >= 0.6 is 11.6 Å². The highest BCUT2D eigenvalue weighted by Crippen LogP contribution is 2.33. The fraction of sp³-hybridized carbons (Fsp3) is 0.538. The number of primary sulfonamides is 1. The predicted molar refractivity (Wildman–Crippen MR) is 77.9 cm³/mol. The van der Waals surface area contributed by atoms with Crippen LogP contribution in [0.3, 0.4) is 0 Å². The fourth-order valence-electron chi connectivity index (χ4n) is 2.71. The van der Waals surface area contributed by atoms with Gasteiger partial charge in [-0.1, -0.05) is 31.4 Å². The summed E-state index contributed by atoms with van der Waals surface area (Å²) in [6.07, 6.45) is 4.61. The minimum absolute atomic E-state index is 0.0884. The van der Waals surface area contributed by atoms with E-state index in [0.717, 1.165) is 12.8 Å². The van der Waals surface area contributed by atoms with Gasteiger partial charge >= 0.3 is 0 Å². The third kappa shape index (κ3) is 3.41. The van der Waals surface area contributed by atoms with Gasteiger partial charge in [-0.15, -0.1) is 0 Å². The molecule has 0 saturated heterocycles. The van der Waals surface area contributed by atoms with Gasteiger partial charge in [0.1, 0.15) is 0 Å². The molecule has 0 heterocycles. The van der Waals surface area contributed by atoms with E-state index < -0.39 is 10.0 Å². The first-order chi connectivity index (χ1) is 8.91. The van der Waals surface area contributed by atoms with Crippen LogP contribution in [0.1, 0.15) is 32.6 Å². The standard InChI is InChI=1S/C13H19ClN2O2S/c1-2-9-4-3-5-12(9)16-13-8-10(19(15,17)18)6-7-11(13)14/h6-9,12,16H,2-5H2,1H3,(H2,15,17,18). The summed E-state index contributed by atoms with van der Waals surface area (Å²) < 4.78 is 22.7. The van der Waals surface area contributed by atoms with E-state index in [1.54, 1.807) is 6.07 Å². The van der Waals surface area contributed by atoms with Crippen LogP contribution in [0.25, 0.3) is 0 Å². The van der Waals surface area contributed by atoms with Crippen molar-refractivity contribution in [3.63, 3.8) is 0 Å². The predicted octanol–water partition coefficient (Wildman–Crippen LogP) is 2.98. The minimum Gasteiger partial charge on any atom is -0.381 e. The summed E-state index contributed by atoms with van der Waals surface area (Å²) in [6, 6.07) is 4.87. The van der Waals surface area contributed by atoms with E-state index in [0.29, 0.717) is 22.7 Å². The molecule has 0 amide bonds. The quantitative estimate of drug-likeness (QED) is 0.898. The molecule has 0 bridgehead atoms. The molecule has 0 radical (unpaired) electrons. The van der Waals surface area contributed by atoms with Crippen LogP contribution in [0.5, 0.6) is 0 Å². The third-order valence-electron chi connectivity index (χ3n) is 3.79. The second-order valence-corrected chi connectivity index (χ2v) is 7.01. The van der Waals surface area contributed by atoms with Crippen molar-refractivity contribution >= 4 is 27.3 Å². The summed E-state index contributed by atoms with van der Waals surface area (Å²) in [5.41, 5.74) is 0.651. The zero-order chi connectivity index (χ0) is 14.0. The third-order valence-corrected chi connectivity index (χ3v) is 5.03. The van der Waals surface area contributed by atoms with Crippen molar-refractivity contribution in [1.29, 1.82) is 0 Å². The van der Waals surface area contributed by atoms with E-state index in [1.165, 1.54) is 25.0 Å². The smallest absolute Gasteiger partial charge is 0.238 e. The van der Waals surface area contributed by atoms with Crippen LogP contribution in [-0.4, -0.2) is 14.5 Å². The maximum atomic E-state index is 11.4. The molecule has 1 saturated carbocycles. The molecular weight excluding hydrogens is 284 g/mol. The van der Waals surface area contributed by atoms with Crippen molar-refractivity contribution in [3.05, 3.63) is 23.2 Å². The van der Waals surface area contributed by atoms with Crippen LogP contribution < -0.4 is 10.5 Å². The fourth-order valence-corrected chi connectivity index (χ4v) is 3.42. The normalized spacial score (nSPS) is 23.5. The largest absolute Gasteiger partial charge is 0.381 e. The summed E-state index contributed by atoms with van der Waals surface area (Å²) in [6.45, 7) is 2.17. The number of anilines is 1. The molecule has 4 nitrogen and oxygen atoms in total. The van der Waals surface area contributed by atoms with Crippen molar-refractivity contribution in [1.82, 2.24) is 0 Å². The first-order valence-corrected chi connectivity index (χ1v) is 8.43. The molecule has 106 valence electrons. The Balaban J connectivity index is 2.24. The van der Waals surface area contributed by atoms with Crippen molar-refractivity contribution in [3.8, 4) is 0 Å². The summed E-state index contributed by atoms with van der Waals surface area (Å²) in [4.78, 5) is 0.0884. The first kappa shape index (κ1) is 14.6. The lowest BCUT2D eigenvalue weighted by atomic mass is 10.0. The highest BCUT2D eigenvalue weighted by Gasteiger charge is 2.26. The average Bonchev–Trinajstić information content (AvgIpc) is 2.77. The summed E-state index contributed by atoms with van der Waals surface area (Å²) in [5.74, 6) is 0.620. The van der Waals surface area contributed by atoms with Crippen molar-refractivity contribution in [2.45, 2.75) is 43.5 Å². The molecule has 1 aliphatic rings. The Morgan fingerprint density at radius 2 is 2.16 bits per heavy atom. The van der Waals surface area contributed by atoms with E-state index in [9.17, 15) is 8.42 Å². The van der Waals surface area contributed by atoms with Crippen molar-refractivity contribution in [2.75, 3.05) is 5.32 Å². The molecular formula is C13H19ClN2O2S.